The Bertz CT molecular complexity index is 595. The van der Waals surface area contributed by atoms with Gasteiger partial charge in [0.2, 0.25) is 0 Å². The predicted octanol–water partition coefficient (Wildman–Crippen LogP) is 2.58. The van der Waals surface area contributed by atoms with E-state index in [1.54, 1.807) is 31.5 Å². The maximum atomic E-state index is 11.5. The monoisotopic (exact) mass is 278 g/mol. The molecule has 1 aromatic heterocycles. The SMILES string of the molecule is CCOC(=O)c1csc(-c2ccc(OC)c(N)c2)n1. The summed E-state index contributed by atoms with van der Waals surface area (Å²) in [5.74, 6) is 0.206. The first kappa shape index (κ1) is 13.4. The topological polar surface area (TPSA) is 74.4 Å². The molecule has 0 atom stereocenters. The fraction of sp³-hybridized carbons (Fsp3) is 0.231. The minimum atomic E-state index is -0.411. The van der Waals surface area contributed by atoms with Gasteiger partial charge in [-0.15, -0.1) is 11.3 Å². The molecule has 2 aromatic rings. The Morgan fingerprint density at radius 3 is 2.89 bits per heavy atom. The fourth-order valence-corrected chi connectivity index (χ4v) is 2.36. The summed E-state index contributed by atoms with van der Waals surface area (Å²) < 4.78 is 9.99. The zero-order valence-electron chi connectivity index (χ0n) is 10.7. The molecule has 19 heavy (non-hydrogen) atoms. The third-order valence-corrected chi connectivity index (χ3v) is 3.36. The molecule has 0 radical (unpaired) electrons. The van der Waals surface area contributed by atoms with Crippen LogP contribution in [0.4, 0.5) is 5.69 Å². The third kappa shape index (κ3) is 2.85. The lowest BCUT2D eigenvalue weighted by Gasteiger charge is -2.05. The Kier molecular flexibility index (Phi) is 4.01. The van der Waals surface area contributed by atoms with Crippen LogP contribution in [0.2, 0.25) is 0 Å². The van der Waals surface area contributed by atoms with Crippen molar-refractivity contribution in [3.8, 4) is 16.3 Å². The molecule has 5 nitrogen and oxygen atoms in total. The number of methoxy groups -OCH3 is 1. The van der Waals surface area contributed by atoms with E-state index >= 15 is 0 Å². The van der Waals surface area contributed by atoms with Crippen LogP contribution < -0.4 is 10.5 Å². The number of aromatic nitrogens is 1. The van der Waals surface area contributed by atoms with E-state index < -0.39 is 5.97 Å². The number of esters is 1. The molecule has 0 bridgehead atoms. The van der Waals surface area contributed by atoms with Crippen molar-refractivity contribution in [2.24, 2.45) is 0 Å². The molecule has 0 fully saturated rings. The number of hydrogen-bond donors (Lipinski definition) is 1. The number of carbonyl (C=O) groups excluding carboxylic acids is 1. The van der Waals surface area contributed by atoms with Gasteiger partial charge in [0.1, 0.15) is 10.8 Å². The van der Waals surface area contributed by atoms with Crippen molar-refractivity contribution in [3.05, 3.63) is 29.3 Å². The molecule has 100 valence electrons. The number of nitrogens with two attached hydrogens (primary N) is 1. The van der Waals surface area contributed by atoms with E-state index in [1.807, 2.05) is 6.07 Å². The second-order valence-corrected chi connectivity index (χ2v) is 4.57. The lowest BCUT2D eigenvalue weighted by molar-refractivity contribution is 0.0520. The number of rotatable bonds is 4. The van der Waals surface area contributed by atoms with Gasteiger partial charge in [-0.25, -0.2) is 9.78 Å². The van der Waals surface area contributed by atoms with Gasteiger partial charge in [0, 0.05) is 10.9 Å². The number of carbonyl (C=O) groups is 1. The Balaban J connectivity index is 2.27. The molecule has 6 heteroatoms. The lowest BCUT2D eigenvalue weighted by Crippen LogP contribution is -2.04. The minimum Gasteiger partial charge on any atom is -0.495 e. The van der Waals surface area contributed by atoms with E-state index in [4.69, 9.17) is 15.2 Å². The smallest absolute Gasteiger partial charge is 0.357 e. The van der Waals surface area contributed by atoms with Crippen LogP contribution in [0.15, 0.2) is 23.6 Å². The molecule has 0 saturated heterocycles. The van der Waals surface area contributed by atoms with Crippen molar-refractivity contribution in [2.75, 3.05) is 19.5 Å². The summed E-state index contributed by atoms with van der Waals surface area (Å²) in [7, 11) is 1.56. The fourth-order valence-electron chi connectivity index (χ4n) is 1.57. The molecule has 0 aliphatic carbocycles. The normalized spacial score (nSPS) is 10.2. The highest BCUT2D eigenvalue weighted by Crippen LogP contribution is 2.30. The summed E-state index contributed by atoms with van der Waals surface area (Å²) in [4.78, 5) is 15.8. The van der Waals surface area contributed by atoms with Crippen molar-refractivity contribution >= 4 is 23.0 Å². The predicted molar refractivity (Wildman–Crippen MR) is 74.5 cm³/mol. The Morgan fingerprint density at radius 1 is 1.47 bits per heavy atom. The van der Waals surface area contributed by atoms with Gasteiger partial charge in [0.15, 0.2) is 5.69 Å². The molecule has 0 saturated carbocycles. The van der Waals surface area contributed by atoms with Crippen LogP contribution in [0.1, 0.15) is 17.4 Å². The van der Waals surface area contributed by atoms with Crippen molar-refractivity contribution in [3.63, 3.8) is 0 Å². The van der Waals surface area contributed by atoms with Crippen molar-refractivity contribution in [2.45, 2.75) is 6.92 Å². The van der Waals surface area contributed by atoms with Gasteiger partial charge in [0.25, 0.3) is 0 Å². The quantitative estimate of drug-likeness (QED) is 0.687. The van der Waals surface area contributed by atoms with Crippen molar-refractivity contribution in [1.82, 2.24) is 4.98 Å². The van der Waals surface area contributed by atoms with Gasteiger partial charge in [0.05, 0.1) is 19.4 Å². The third-order valence-electron chi connectivity index (χ3n) is 2.47. The van der Waals surface area contributed by atoms with Crippen LogP contribution in [0.3, 0.4) is 0 Å². The van der Waals surface area contributed by atoms with Gasteiger partial charge in [-0.05, 0) is 25.1 Å². The standard InChI is InChI=1S/C13H14N2O3S/c1-3-18-13(16)10-7-19-12(15-10)8-4-5-11(17-2)9(14)6-8/h4-7H,3,14H2,1-2H3. The molecule has 2 rings (SSSR count). The number of thiazole rings is 1. The summed E-state index contributed by atoms with van der Waals surface area (Å²) in [6.07, 6.45) is 0. The number of hydrogen-bond acceptors (Lipinski definition) is 6. The zero-order valence-corrected chi connectivity index (χ0v) is 11.5. The molecule has 0 aliphatic heterocycles. The van der Waals surface area contributed by atoms with Crippen molar-refractivity contribution in [1.29, 1.82) is 0 Å². The highest BCUT2D eigenvalue weighted by Gasteiger charge is 2.13. The second kappa shape index (κ2) is 5.71. The van der Waals surface area contributed by atoms with E-state index in [0.717, 1.165) is 10.6 Å². The van der Waals surface area contributed by atoms with Gasteiger partial charge < -0.3 is 15.2 Å². The summed E-state index contributed by atoms with van der Waals surface area (Å²) >= 11 is 1.37. The maximum absolute atomic E-state index is 11.5. The van der Waals surface area contributed by atoms with E-state index in [9.17, 15) is 4.79 Å². The number of ether oxygens (including phenoxy) is 2. The minimum absolute atomic E-state index is 0.316. The highest BCUT2D eigenvalue weighted by atomic mass is 32.1. The lowest BCUT2D eigenvalue weighted by atomic mass is 10.2. The first-order valence-corrected chi connectivity index (χ1v) is 6.60. The van der Waals surface area contributed by atoms with Crippen LogP contribution in [0, 0.1) is 0 Å². The molecular formula is C13H14N2O3S. The Labute approximate surface area is 115 Å². The van der Waals surface area contributed by atoms with Crippen LogP contribution in [-0.4, -0.2) is 24.7 Å². The molecule has 1 aromatic carbocycles. The van der Waals surface area contributed by atoms with Crippen LogP contribution in [-0.2, 0) is 4.74 Å². The van der Waals surface area contributed by atoms with E-state index in [1.165, 1.54) is 11.3 Å². The molecule has 0 aliphatic rings. The molecule has 0 unspecified atom stereocenters. The second-order valence-electron chi connectivity index (χ2n) is 3.72. The van der Waals surface area contributed by atoms with Gasteiger partial charge >= 0.3 is 5.97 Å². The molecule has 1 heterocycles. The number of anilines is 1. The molecule has 0 amide bonds. The van der Waals surface area contributed by atoms with E-state index in [0.29, 0.717) is 23.7 Å². The van der Waals surface area contributed by atoms with E-state index in [-0.39, 0.29) is 0 Å². The summed E-state index contributed by atoms with van der Waals surface area (Å²) in [6, 6.07) is 5.39. The number of nitrogens with zero attached hydrogens (tertiary/aromatic N) is 1. The first-order valence-electron chi connectivity index (χ1n) is 5.72. The van der Waals surface area contributed by atoms with Crippen molar-refractivity contribution < 1.29 is 14.3 Å². The molecule has 0 spiro atoms. The van der Waals surface area contributed by atoms with E-state index in [2.05, 4.69) is 4.98 Å². The van der Waals surface area contributed by atoms with Gasteiger partial charge in [-0.3, -0.25) is 0 Å². The molecule has 2 N–H and O–H groups in total. The summed E-state index contributed by atoms with van der Waals surface area (Å²) in [5.41, 5.74) is 7.54. The van der Waals surface area contributed by atoms with Crippen LogP contribution in [0.5, 0.6) is 5.75 Å². The largest absolute Gasteiger partial charge is 0.495 e. The number of nitrogen functional groups attached to an aromatic ring is 1. The van der Waals surface area contributed by atoms with Crippen LogP contribution in [0.25, 0.3) is 10.6 Å². The number of benzene rings is 1. The van der Waals surface area contributed by atoms with Gasteiger partial charge in [-0.1, -0.05) is 0 Å². The average Bonchev–Trinajstić information content (AvgIpc) is 2.88. The Morgan fingerprint density at radius 2 is 2.26 bits per heavy atom. The summed E-state index contributed by atoms with van der Waals surface area (Å²) in [5, 5.41) is 2.39. The Hall–Kier alpha value is -2.08. The zero-order chi connectivity index (χ0) is 13.8. The first-order chi connectivity index (χ1) is 9.15. The summed E-state index contributed by atoms with van der Waals surface area (Å²) in [6.45, 7) is 2.09. The maximum Gasteiger partial charge on any atom is 0.357 e. The van der Waals surface area contributed by atoms with Crippen LogP contribution >= 0.6 is 11.3 Å². The molecular weight excluding hydrogens is 264 g/mol. The van der Waals surface area contributed by atoms with Gasteiger partial charge in [-0.2, -0.15) is 0 Å². The highest BCUT2D eigenvalue weighted by molar-refractivity contribution is 7.13. The average molecular weight is 278 g/mol.